The summed E-state index contributed by atoms with van der Waals surface area (Å²) in [5.41, 5.74) is 1.47. The lowest BCUT2D eigenvalue weighted by atomic mass is 10.1. The molecule has 0 fully saturated rings. The van der Waals surface area contributed by atoms with Crippen LogP contribution < -0.4 is 4.74 Å². The second kappa shape index (κ2) is 11.6. The lowest BCUT2D eigenvalue weighted by molar-refractivity contribution is -0.137. The summed E-state index contributed by atoms with van der Waals surface area (Å²) in [6.45, 7) is 3.16. The van der Waals surface area contributed by atoms with Gasteiger partial charge in [-0.1, -0.05) is 18.2 Å². The summed E-state index contributed by atoms with van der Waals surface area (Å²) in [4.78, 5) is 25.2. The van der Waals surface area contributed by atoms with Crippen LogP contribution in [0.25, 0.3) is 0 Å². The monoisotopic (exact) mass is 409 g/mol. The largest absolute Gasteiger partial charge is 0.493 e. The van der Waals surface area contributed by atoms with Crippen molar-refractivity contribution in [1.82, 2.24) is 4.90 Å². The first-order valence-corrected chi connectivity index (χ1v) is 10.0. The molecule has 0 bridgehead atoms. The average Bonchev–Trinajstić information content (AvgIpc) is 2.76. The molecule has 0 radical (unpaired) electrons. The Hall–Kier alpha value is -3.33. The molecule has 1 unspecified atom stereocenters. The third-order valence-corrected chi connectivity index (χ3v) is 4.54. The number of carboxylic acids is 1. The molecular formula is C24H28N2O4. The summed E-state index contributed by atoms with van der Waals surface area (Å²) >= 11 is 0. The highest BCUT2D eigenvalue weighted by molar-refractivity contribution is 5.94. The number of rotatable bonds is 11. The molecule has 158 valence electrons. The zero-order chi connectivity index (χ0) is 22.8. The maximum Gasteiger partial charge on any atom is 0.303 e. The van der Waals surface area contributed by atoms with E-state index < -0.39 is 12.5 Å². The summed E-state index contributed by atoms with van der Waals surface area (Å²) in [6.07, 6.45) is 2.20. The van der Waals surface area contributed by atoms with Gasteiger partial charge >= 0.3 is 5.97 Å². The number of nitriles is 1. The predicted molar refractivity (Wildman–Crippen MR) is 114 cm³/mol. The molecule has 1 amide bonds. The van der Waals surface area contributed by atoms with E-state index in [0.717, 1.165) is 6.42 Å². The number of amides is 1. The number of benzene rings is 2. The minimum absolute atomic E-state index is 0.145. The van der Waals surface area contributed by atoms with Gasteiger partial charge in [-0.2, -0.15) is 5.26 Å². The van der Waals surface area contributed by atoms with Crippen LogP contribution >= 0.6 is 0 Å². The molecule has 2 rings (SSSR count). The first-order valence-electron chi connectivity index (χ1n) is 10.6. The van der Waals surface area contributed by atoms with Crippen LogP contribution in [0.5, 0.6) is 5.75 Å². The highest BCUT2D eigenvalue weighted by Gasteiger charge is 2.20. The molecule has 6 nitrogen and oxygen atoms in total. The number of ether oxygens (including phenoxy) is 1. The number of carboxylic acid groups (broad SMARTS) is 1. The van der Waals surface area contributed by atoms with Gasteiger partial charge in [0.1, 0.15) is 5.75 Å². The van der Waals surface area contributed by atoms with Gasteiger partial charge in [0.2, 0.25) is 0 Å². The highest BCUT2D eigenvalue weighted by Crippen LogP contribution is 2.23. The highest BCUT2D eigenvalue weighted by atomic mass is 16.5. The van der Waals surface area contributed by atoms with Crippen LogP contribution in [0.4, 0.5) is 0 Å². The standard InChI is InChI=1S/C24H28N2O4/c1-18(2)26(24(29)20-13-11-19(16-25)12-14-20)17-21-8-5-6-9-22(21)30-15-7-3-4-10-23(27)28/h5-6,8-9,11-14,18H,3-4,7,10,15,17H2,1-2H3,(H,27,28)/i17D. The van der Waals surface area contributed by atoms with Gasteiger partial charge in [-0.3, -0.25) is 9.59 Å². The van der Waals surface area contributed by atoms with Crippen LogP contribution in [0, 0.1) is 11.3 Å². The first-order chi connectivity index (χ1) is 14.8. The molecular weight excluding hydrogens is 380 g/mol. The molecule has 6 heteroatoms. The van der Waals surface area contributed by atoms with Crippen molar-refractivity contribution in [3.63, 3.8) is 0 Å². The van der Waals surface area contributed by atoms with Gasteiger partial charge in [0.25, 0.3) is 5.91 Å². The van der Waals surface area contributed by atoms with E-state index >= 15 is 0 Å². The van der Waals surface area contributed by atoms with Crippen LogP contribution in [-0.4, -0.2) is 34.5 Å². The summed E-state index contributed by atoms with van der Waals surface area (Å²) in [6, 6.07) is 15.4. The van der Waals surface area contributed by atoms with Gasteiger partial charge in [0, 0.05) is 30.1 Å². The number of para-hydroxylation sites is 1. The van der Waals surface area contributed by atoms with E-state index in [0.29, 0.717) is 41.9 Å². The van der Waals surface area contributed by atoms with Gasteiger partial charge in [0.05, 0.1) is 19.6 Å². The normalized spacial score (nSPS) is 12.0. The molecule has 1 atom stereocenters. The van der Waals surface area contributed by atoms with Crippen molar-refractivity contribution in [1.29, 1.82) is 5.26 Å². The Labute approximate surface area is 179 Å². The molecule has 1 N–H and O–H groups in total. The fraction of sp³-hybridized carbons (Fsp3) is 0.375. The molecule has 0 saturated heterocycles. The van der Waals surface area contributed by atoms with Crippen molar-refractivity contribution >= 4 is 11.9 Å². The van der Waals surface area contributed by atoms with Crippen molar-refractivity contribution < 1.29 is 20.8 Å². The molecule has 0 aliphatic carbocycles. The van der Waals surface area contributed by atoms with Gasteiger partial charge < -0.3 is 14.7 Å². The molecule has 0 aliphatic heterocycles. The van der Waals surface area contributed by atoms with Crippen LogP contribution in [0.15, 0.2) is 48.5 Å². The lowest BCUT2D eigenvalue weighted by Gasteiger charge is -2.28. The second-order valence-corrected chi connectivity index (χ2v) is 7.22. The van der Waals surface area contributed by atoms with Crippen molar-refractivity contribution in [3.8, 4) is 11.8 Å². The Morgan fingerprint density at radius 3 is 2.47 bits per heavy atom. The first kappa shape index (κ1) is 21.4. The van der Waals surface area contributed by atoms with Crippen LogP contribution in [0.1, 0.15) is 62.4 Å². The Morgan fingerprint density at radius 1 is 1.13 bits per heavy atom. The molecule has 0 aromatic heterocycles. The molecule has 0 heterocycles. The smallest absolute Gasteiger partial charge is 0.303 e. The average molecular weight is 410 g/mol. The van der Waals surface area contributed by atoms with Gasteiger partial charge in [0.15, 0.2) is 0 Å². The number of aliphatic carboxylic acids is 1. The second-order valence-electron chi connectivity index (χ2n) is 7.22. The number of hydrogen-bond donors (Lipinski definition) is 1. The molecule has 0 spiro atoms. The van der Waals surface area contributed by atoms with E-state index in [4.69, 9.17) is 16.5 Å². The minimum atomic E-state index is -0.966. The van der Waals surface area contributed by atoms with Gasteiger partial charge in [-0.05, 0) is 63.4 Å². The lowest BCUT2D eigenvalue weighted by Crippen LogP contribution is -2.36. The summed E-state index contributed by atoms with van der Waals surface area (Å²) in [7, 11) is 0. The van der Waals surface area contributed by atoms with Crippen molar-refractivity contribution in [2.45, 2.75) is 52.1 Å². The van der Waals surface area contributed by atoms with E-state index in [1.165, 1.54) is 4.90 Å². The van der Waals surface area contributed by atoms with Crippen LogP contribution in [-0.2, 0) is 11.3 Å². The SMILES string of the molecule is [2H]C(c1ccccc1OCCCCCC(=O)O)N(C(=O)c1ccc(C#N)cc1)C(C)C. The summed E-state index contributed by atoms with van der Waals surface area (Å²) in [5.74, 6) is -0.550. The number of nitrogens with zero attached hydrogens (tertiary/aromatic N) is 2. The number of carbonyl (C=O) groups is 2. The van der Waals surface area contributed by atoms with Crippen molar-refractivity contribution in [2.75, 3.05) is 6.61 Å². The molecule has 0 aliphatic rings. The number of hydrogen-bond acceptors (Lipinski definition) is 4. The Balaban J connectivity index is 2.13. The van der Waals surface area contributed by atoms with E-state index in [1.807, 2.05) is 26.0 Å². The van der Waals surface area contributed by atoms with E-state index in [9.17, 15) is 9.59 Å². The summed E-state index contributed by atoms with van der Waals surface area (Å²) < 4.78 is 14.7. The number of unbranched alkanes of at least 4 members (excludes halogenated alkanes) is 2. The molecule has 2 aromatic rings. The Kier molecular flexibility index (Phi) is 8.28. The Bertz CT molecular complexity index is 922. The summed E-state index contributed by atoms with van der Waals surface area (Å²) in [5, 5.41) is 17.7. The topological polar surface area (TPSA) is 90.6 Å². The third kappa shape index (κ3) is 6.93. The van der Waals surface area contributed by atoms with E-state index in [2.05, 4.69) is 0 Å². The zero-order valence-electron chi connectivity index (χ0n) is 18.4. The number of carbonyl (C=O) groups excluding carboxylic acids is 1. The van der Waals surface area contributed by atoms with E-state index in [-0.39, 0.29) is 18.4 Å². The van der Waals surface area contributed by atoms with Gasteiger partial charge in [-0.25, -0.2) is 0 Å². The molecule has 0 saturated carbocycles. The molecule has 2 aromatic carbocycles. The maximum atomic E-state index is 13.1. The Morgan fingerprint density at radius 2 is 1.83 bits per heavy atom. The zero-order valence-corrected chi connectivity index (χ0v) is 17.4. The van der Waals surface area contributed by atoms with Crippen molar-refractivity contribution in [2.24, 2.45) is 0 Å². The van der Waals surface area contributed by atoms with Crippen LogP contribution in [0.3, 0.4) is 0 Å². The fourth-order valence-corrected chi connectivity index (χ4v) is 2.88. The van der Waals surface area contributed by atoms with E-state index in [1.54, 1.807) is 42.5 Å². The quantitative estimate of drug-likeness (QED) is 0.546. The predicted octanol–water partition coefficient (Wildman–Crippen LogP) is 4.63. The minimum Gasteiger partial charge on any atom is -0.493 e. The fourth-order valence-electron chi connectivity index (χ4n) is 2.88. The van der Waals surface area contributed by atoms with Gasteiger partial charge in [-0.15, -0.1) is 0 Å². The third-order valence-electron chi connectivity index (χ3n) is 4.54. The molecule has 30 heavy (non-hydrogen) atoms. The van der Waals surface area contributed by atoms with Crippen molar-refractivity contribution in [3.05, 3.63) is 65.2 Å². The maximum absolute atomic E-state index is 13.1. The van der Waals surface area contributed by atoms with Crippen LogP contribution in [0.2, 0.25) is 0 Å².